The largest absolute Gasteiger partial charge is 0.297 e. The lowest BCUT2D eigenvalue weighted by molar-refractivity contribution is 0.109. The zero-order chi connectivity index (χ0) is 11.7. The van der Waals surface area contributed by atoms with Gasteiger partial charge in [-0.15, -0.1) is 0 Å². The molecule has 0 spiro atoms. The van der Waals surface area contributed by atoms with Crippen LogP contribution in [0.3, 0.4) is 0 Å². The van der Waals surface area contributed by atoms with E-state index in [-0.39, 0.29) is 0 Å². The first kappa shape index (κ1) is 11.7. The minimum absolute atomic E-state index is 0.922. The first-order chi connectivity index (χ1) is 8.33. The van der Waals surface area contributed by atoms with E-state index in [1.54, 1.807) is 0 Å². The predicted molar refractivity (Wildman–Crippen MR) is 74.6 cm³/mol. The van der Waals surface area contributed by atoms with Crippen LogP contribution in [0.25, 0.3) is 0 Å². The topological polar surface area (TPSA) is 3.24 Å². The van der Waals surface area contributed by atoms with E-state index in [4.69, 9.17) is 0 Å². The molecule has 2 atom stereocenters. The molecule has 3 rings (SSSR count). The van der Waals surface area contributed by atoms with E-state index in [9.17, 15) is 0 Å². The van der Waals surface area contributed by atoms with Gasteiger partial charge in [0.2, 0.25) is 0 Å². The van der Waals surface area contributed by atoms with Crippen molar-refractivity contribution in [3.05, 3.63) is 22.4 Å². The number of aryl methyl sites for hydroxylation is 1. The molecule has 94 valence electrons. The Bertz CT molecular complexity index is 332. The van der Waals surface area contributed by atoms with Gasteiger partial charge in [0.05, 0.1) is 0 Å². The summed E-state index contributed by atoms with van der Waals surface area (Å²) in [6, 6.07) is 4.12. The highest BCUT2D eigenvalue weighted by molar-refractivity contribution is 7.07. The van der Waals surface area contributed by atoms with Gasteiger partial charge in [-0.25, -0.2) is 0 Å². The molecule has 2 aliphatic rings. The molecule has 1 nitrogen and oxygen atoms in total. The van der Waals surface area contributed by atoms with E-state index in [2.05, 4.69) is 28.7 Å². The molecule has 2 aliphatic heterocycles. The van der Waals surface area contributed by atoms with Crippen LogP contribution in [0.15, 0.2) is 16.8 Å². The fourth-order valence-corrected chi connectivity index (χ4v) is 4.52. The fourth-order valence-electron chi connectivity index (χ4n) is 3.81. The zero-order valence-corrected chi connectivity index (χ0v) is 11.6. The Morgan fingerprint density at radius 3 is 2.71 bits per heavy atom. The van der Waals surface area contributed by atoms with Crippen LogP contribution in [0.2, 0.25) is 0 Å². The highest BCUT2D eigenvalue weighted by Crippen LogP contribution is 2.38. The number of thiophene rings is 1. The standard InChI is InChI=1S/C15H23NS/c1-12-9-14-4-5-15(10-12)16(14)7-2-3-13-6-8-17-11-13/h6,8,11-12,14-15H,2-5,7,9-10H2,1H3. The summed E-state index contributed by atoms with van der Waals surface area (Å²) >= 11 is 1.83. The van der Waals surface area contributed by atoms with Crippen LogP contribution in [0, 0.1) is 5.92 Å². The summed E-state index contributed by atoms with van der Waals surface area (Å²) in [4.78, 5) is 2.83. The zero-order valence-electron chi connectivity index (χ0n) is 10.8. The molecule has 0 N–H and O–H groups in total. The van der Waals surface area contributed by atoms with Crippen molar-refractivity contribution in [2.24, 2.45) is 5.92 Å². The van der Waals surface area contributed by atoms with Gasteiger partial charge in [0.25, 0.3) is 0 Å². The number of piperidine rings is 1. The molecule has 17 heavy (non-hydrogen) atoms. The monoisotopic (exact) mass is 249 g/mol. The molecule has 2 saturated heterocycles. The van der Waals surface area contributed by atoms with Crippen molar-refractivity contribution in [2.75, 3.05) is 6.54 Å². The second-order valence-corrected chi connectivity index (χ2v) is 6.71. The van der Waals surface area contributed by atoms with Gasteiger partial charge < -0.3 is 0 Å². The second kappa shape index (κ2) is 5.11. The van der Waals surface area contributed by atoms with Crippen LogP contribution in [0.1, 0.15) is 44.6 Å². The average molecular weight is 249 g/mol. The maximum atomic E-state index is 2.83. The van der Waals surface area contributed by atoms with Crippen molar-refractivity contribution >= 4 is 11.3 Å². The molecule has 2 heteroatoms. The summed E-state index contributed by atoms with van der Waals surface area (Å²) in [5.41, 5.74) is 1.53. The summed E-state index contributed by atoms with van der Waals surface area (Å²) in [5, 5.41) is 4.49. The van der Waals surface area contributed by atoms with E-state index >= 15 is 0 Å². The molecular weight excluding hydrogens is 226 g/mol. The van der Waals surface area contributed by atoms with Crippen LogP contribution in [0.4, 0.5) is 0 Å². The van der Waals surface area contributed by atoms with Crippen molar-refractivity contribution in [2.45, 2.75) is 57.5 Å². The number of nitrogens with zero attached hydrogens (tertiary/aromatic N) is 1. The smallest absolute Gasteiger partial charge is 0.0101 e. The van der Waals surface area contributed by atoms with Gasteiger partial charge in [0.1, 0.15) is 0 Å². The molecule has 2 unspecified atom stereocenters. The minimum atomic E-state index is 0.922. The third kappa shape index (κ3) is 2.58. The summed E-state index contributed by atoms with van der Waals surface area (Å²) < 4.78 is 0. The molecule has 0 radical (unpaired) electrons. The lowest BCUT2D eigenvalue weighted by atomic mass is 9.92. The second-order valence-electron chi connectivity index (χ2n) is 5.93. The Morgan fingerprint density at radius 1 is 1.29 bits per heavy atom. The van der Waals surface area contributed by atoms with Crippen LogP contribution in [-0.2, 0) is 6.42 Å². The quantitative estimate of drug-likeness (QED) is 0.781. The van der Waals surface area contributed by atoms with E-state index in [0.717, 1.165) is 18.0 Å². The minimum Gasteiger partial charge on any atom is -0.297 e. The van der Waals surface area contributed by atoms with Crippen molar-refractivity contribution in [3.63, 3.8) is 0 Å². The Kier molecular flexibility index (Phi) is 3.53. The Hall–Kier alpha value is -0.340. The van der Waals surface area contributed by atoms with Crippen molar-refractivity contribution in [1.29, 1.82) is 0 Å². The molecule has 0 aliphatic carbocycles. The maximum Gasteiger partial charge on any atom is 0.0101 e. The molecule has 1 aromatic rings. The van der Waals surface area contributed by atoms with Crippen LogP contribution < -0.4 is 0 Å². The van der Waals surface area contributed by atoms with Crippen LogP contribution >= 0.6 is 11.3 Å². The van der Waals surface area contributed by atoms with E-state index in [0.29, 0.717) is 0 Å². The Balaban J connectivity index is 1.49. The van der Waals surface area contributed by atoms with E-state index in [1.165, 1.54) is 50.6 Å². The van der Waals surface area contributed by atoms with Gasteiger partial charge in [0.15, 0.2) is 0 Å². The molecule has 1 aromatic heterocycles. The molecule has 3 heterocycles. The Labute approximate surface area is 109 Å². The van der Waals surface area contributed by atoms with E-state index < -0.39 is 0 Å². The normalized spacial score (nSPS) is 33.1. The van der Waals surface area contributed by atoms with Gasteiger partial charge in [-0.1, -0.05) is 6.92 Å². The molecular formula is C15H23NS. The third-order valence-corrected chi connectivity index (χ3v) is 5.31. The predicted octanol–water partition coefficient (Wildman–Crippen LogP) is 3.94. The summed E-state index contributed by atoms with van der Waals surface area (Å²) in [5.74, 6) is 0.973. The lowest BCUT2D eigenvalue weighted by Gasteiger charge is -2.37. The van der Waals surface area contributed by atoms with Gasteiger partial charge in [-0.2, -0.15) is 11.3 Å². The molecule has 0 saturated carbocycles. The SMILES string of the molecule is CC1CC2CCC(C1)N2CCCc1ccsc1. The first-order valence-corrected chi connectivity index (χ1v) is 8.04. The maximum absolute atomic E-state index is 2.83. The van der Waals surface area contributed by atoms with Crippen molar-refractivity contribution in [1.82, 2.24) is 4.90 Å². The van der Waals surface area contributed by atoms with Gasteiger partial charge in [0, 0.05) is 12.1 Å². The molecule has 2 fully saturated rings. The third-order valence-electron chi connectivity index (χ3n) is 4.58. The van der Waals surface area contributed by atoms with Gasteiger partial charge in [-0.05, 0) is 73.4 Å². The summed E-state index contributed by atoms with van der Waals surface area (Å²) in [7, 11) is 0. The first-order valence-electron chi connectivity index (χ1n) is 7.10. The van der Waals surface area contributed by atoms with Gasteiger partial charge >= 0.3 is 0 Å². The molecule has 2 bridgehead atoms. The molecule has 0 aromatic carbocycles. The van der Waals surface area contributed by atoms with Crippen molar-refractivity contribution < 1.29 is 0 Å². The van der Waals surface area contributed by atoms with Crippen molar-refractivity contribution in [3.8, 4) is 0 Å². The average Bonchev–Trinajstić information content (AvgIpc) is 2.88. The number of hydrogen-bond donors (Lipinski definition) is 0. The van der Waals surface area contributed by atoms with Crippen LogP contribution in [0.5, 0.6) is 0 Å². The number of rotatable bonds is 4. The fraction of sp³-hybridized carbons (Fsp3) is 0.733. The van der Waals surface area contributed by atoms with E-state index in [1.807, 2.05) is 11.3 Å². The summed E-state index contributed by atoms with van der Waals surface area (Å²) in [6.07, 6.45) is 8.46. The van der Waals surface area contributed by atoms with Crippen LogP contribution in [-0.4, -0.2) is 23.5 Å². The highest BCUT2D eigenvalue weighted by atomic mass is 32.1. The summed E-state index contributed by atoms with van der Waals surface area (Å²) in [6.45, 7) is 3.77. The number of hydrogen-bond acceptors (Lipinski definition) is 2. The Morgan fingerprint density at radius 2 is 2.06 bits per heavy atom. The lowest BCUT2D eigenvalue weighted by Crippen LogP contribution is -2.42. The molecule has 0 amide bonds. The highest BCUT2D eigenvalue weighted by Gasteiger charge is 2.38. The number of fused-ring (bicyclic) bond motifs is 2. The van der Waals surface area contributed by atoms with Gasteiger partial charge in [-0.3, -0.25) is 4.90 Å².